The lowest BCUT2D eigenvalue weighted by atomic mass is 9.52. The van der Waals surface area contributed by atoms with Crippen molar-refractivity contribution in [3.8, 4) is 11.5 Å². The first-order chi connectivity index (χ1) is 11.8. The maximum absolute atomic E-state index is 6.59. The lowest BCUT2D eigenvalue weighted by Gasteiger charge is -2.58. The standard InChI is InChI=1S/C21H27NO2/c1-23-17-8-7-14-11-16-15-3-2-4-18-21(15,19(14)20(17)24-18)9-10-22(16)12-13-5-6-13/h7-8,13,15-16,18H,2-6,9-12H2,1H3/t15-,16+,18-,21?/m1/s1. The van der Waals surface area contributed by atoms with Crippen LogP contribution in [-0.4, -0.2) is 37.2 Å². The lowest BCUT2D eigenvalue weighted by Crippen LogP contribution is -2.64. The first-order valence-electron chi connectivity index (χ1n) is 9.92. The highest BCUT2D eigenvalue weighted by molar-refractivity contribution is 5.60. The molecular weight excluding hydrogens is 298 g/mol. The SMILES string of the molecule is COc1ccc2c3c1O[C@@H]1CCC[C@@H]4[C@H](C2)N(CC2CC2)CCC341. The molecule has 6 rings (SSSR count). The van der Waals surface area contributed by atoms with E-state index in [0.29, 0.717) is 11.5 Å². The molecule has 3 fully saturated rings. The Balaban J connectivity index is 1.51. The van der Waals surface area contributed by atoms with Gasteiger partial charge in [-0.3, -0.25) is 4.90 Å². The Morgan fingerprint density at radius 3 is 3.00 bits per heavy atom. The van der Waals surface area contributed by atoms with E-state index in [-0.39, 0.29) is 0 Å². The van der Waals surface area contributed by atoms with Gasteiger partial charge in [0.25, 0.3) is 0 Å². The first-order valence-corrected chi connectivity index (χ1v) is 9.92. The Labute approximate surface area is 144 Å². The van der Waals surface area contributed by atoms with E-state index >= 15 is 0 Å². The Morgan fingerprint density at radius 2 is 2.17 bits per heavy atom. The molecule has 1 aromatic carbocycles. The molecule has 0 N–H and O–H groups in total. The molecule has 128 valence electrons. The highest BCUT2D eigenvalue weighted by atomic mass is 16.5. The third kappa shape index (κ3) is 1.62. The number of methoxy groups -OCH3 is 1. The van der Waals surface area contributed by atoms with Crippen LogP contribution in [0.25, 0.3) is 0 Å². The largest absolute Gasteiger partial charge is 0.493 e. The van der Waals surface area contributed by atoms with Crippen LogP contribution >= 0.6 is 0 Å². The third-order valence-corrected chi connectivity index (χ3v) is 7.74. The normalized spacial score (nSPS) is 39.3. The number of likely N-dealkylation sites (tertiary alicyclic amines) is 1. The van der Waals surface area contributed by atoms with Crippen molar-refractivity contribution in [3.05, 3.63) is 23.3 Å². The van der Waals surface area contributed by atoms with Gasteiger partial charge in [0.15, 0.2) is 11.5 Å². The zero-order valence-electron chi connectivity index (χ0n) is 14.6. The highest BCUT2D eigenvalue weighted by Gasteiger charge is 2.63. The van der Waals surface area contributed by atoms with E-state index in [1.54, 1.807) is 18.2 Å². The van der Waals surface area contributed by atoms with Crippen LogP contribution in [0.4, 0.5) is 0 Å². The zero-order valence-corrected chi connectivity index (χ0v) is 14.6. The van der Waals surface area contributed by atoms with E-state index in [4.69, 9.17) is 9.47 Å². The van der Waals surface area contributed by atoms with Crippen molar-refractivity contribution < 1.29 is 9.47 Å². The number of hydrogen-bond acceptors (Lipinski definition) is 3. The summed E-state index contributed by atoms with van der Waals surface area (Å²) in [5, 5.41) is 0. The second kappa shape index (κ2) is 4.69. The highest BCUT2D eigenvalue weighted by Crippen LogP contribution is 2.64. The molecule has 1 unspecified atom stereocenters. The smallest absolute Gasteiger partial charge is 0.165 e. The van der Waals surface area contributed by atoms with Crippen molar-refractivity contribution in [2.45, 2.75) is 62.5 Å². The topological polar surface area (TPSA) is 21.7 Å². The minimum atomic E-state index is 0.292. The van der Waals surface area contributed by atoms with Crippen LogP contribution < -0.4 is 9.47 Å². The van der Waals surface area contributed by atoms with Crippen LogP contribution in [0.2, 0.25) is 0 Å². The fourth-order valence-corrected chi connectivity index (χ4v) is 6.60. The van der Waals surface area contributed by atoms with Gasteiger partial charge >= 0.3 is 0 Å². The van der Waals surface area contributed by atoms with Gasteiger partial charge < -0.3 is 9.47 Å². The molecule has 0 radical (unpaired) electrons. The summed E-state index contributed by atoms with van der Waals surface area (Å²) in [5.74, 6) is 3.84. The molecule has 1 aromatic rings. The molecule has 24 heavy (non-hydrogen) atoms. The van der Waals surface area contributed by atoms with Gasteiger partial charge in [-0.2, -0.15) is 0 Å². The van der Waals surface area contributed by atoms with E-state index in [0.717, 1.165) is 29.4 Å². The summed E-state index contributed by atoms with van der Waals surface area (Å²) in [6.45, 7) is 2.62. The van der Waals surface area contributed by atoms with E-state index < -0.39 is 0 Å². The van der Waals surface area contributed by atoms with Gasteiger partial charge in [-0.25, -0.2) is 0 Å². The Morgan fingerprint density at radius 1 is 1.25 bits per heavy atom. The number of benzene rings is 1. The average molecular weight is 325 g/mol. The Kier molecular flexibility index (Phi) is 2.74. The van der Waals surface area contributed by atoms with E-state index in [9.17, 15) is 0 Å². The van der Waals surface area contributed by atoms with Gasteiger partial charge in [-0.1, -0.05) is 6.07 Å². The Bertz CT molecular complexity index is 697. The monoisotopic (exact) mass is 325 g/mol. The molecule has 5 aliphatic rings. The summed E-state index contributed by atoms with van der Waals surface area (Å²) < 4.78 is 12.2. The lowest BCUT2D eigenvalue weighted by molar-refractivity contribution is -0.0529. The van der Waals surface area contributed by atoms with Crippen molar-refractivity contribution in [1.29, 1.82) is 0 Å². The summed E-state index contributed by atoms with van der Waals surface area (Å²) in [4.78, 5) is 2.86. The molecule has 3 nitrogen and oxygen atoms in total. The molecule has 3 aliphatic carbocycles. The van der Waals surface area contributed by atoms with Crippen molar-refractivity contribution in [1.82, 2.24) is 4.90 Å². The molecule has 3 heteroatoms. The maximum atomic E-state index is 6.59. The van der Waals surface area contributed by atoms with Crippen LogP contribution in [0.15, 0.2) is 12.1 Å². The van der Waals surface area contributed by atoms with Crippen molar-refractivity contribution >= 4 is 0 Å². The molecular formula is C21H27NO2. The number of piperidine rings is 1. The molecule has 4 atom stereocenters. The molecule has 2 saturated carbocycles. The predicted molar refractivity (Wildman–Crippen MR) is 92.8 cm³/mol. The van der Waals surface area contributed by atoms with Gasteiger partial charge in [-0.15, -0.1) is 0 Å². The van der Waals surface area contributed by atoms with Crippen LogP contribution in [-0.2, 0) is 11.8 Å². The summed E-state index contributed by atoms with van der Waals surface area (Å²) in [5.41, 5.74) is 3.40. The minimum absolute atomic E-state index is 0.292. The number of rotatable bonds is 3. The number of ether oxygens (including phenoxy) is 2. The van der Waals surface area contributed by atoms with Crippen LogP contribution in [0.5, 0.6) is 11.5 Å². The average Bonchev–Trinajstić information content (AvgIpc) is 3.35. The molecule has 1 saturated heterocycles. The summed E-state index contributed by atoms with van der Waals surface area (Å²) in [6.07, 6.45) is 9.78. The summed E-state index contributed by atoms with van der Waals surface area (Å²) in [6, 6.07) is 5.23. The van der Waals surface area contributed by atoms with Crippen LogP contribution in [0, 0.1) is 11.8 Å². The van der Waals surface area contributed by atoms with Crippen molar-refractivity contribution in [3.63, 3.8) is 0 Å². The zero-order chi connectivity index (χ0) is 15.9. The minimum Gasteiger partial charge on any atom is -0.493 e. The fraction of sp³-hybridized carbons (Fsp3) is 0.714. The maximum Gasteiger partial charge on any atom is 0.165 e. The molecule has 2 aliphatic heterocycles. The second-order valence-electron chi connectivity index (χ2n) is 8.78. The third-order valence-electron chi connectivity index (χ3n) is 7.74. The van der Waals surface area contributed by atoms with E-state index in [1.165, 1.54) is 58.0 Å². The van der Waals surface area contributed by atoms with Gasteiger partial charge in [0.2, 0.25) is 0 Å². The van der Waals surface area contributed by atoms with Gasteiger partial charge in [0, 0.05) is 23.6 Å². The molecule has 0 amide bonds. The van der Waals surface area contributed by atoms with E-state index in [1.807, 2.05) is 0 Å². The summed E-state index contributed by atoms with van der Waals surface area (Å²) in [7, 11) is 1.78. The number of hydrogen-bond donors (Lipinski definition) is 0. The van der Waals surface area contributed by atoms with Crippen molar-refractivity contribution in [2.24, 2.45) is 11.8 Å². The van der Waals surface area contributed by atoms with Gasteiger partial charge in [0.1, 0.15) is 6.10 Å². The van der Waals surface area contributed by atoms with Crippen LogP contribution in [0.3, 0.4) is 0 Å². The quantitative estimate of drug-likeness (QED) is 0.848. The molecule has 1 spiro atoms. The molecule has 2 heterocycles. The van der Waals surface area contributed by atoms with Gasteiger partial charge in [0.05, 0.1) is 7.11 Å². The van der Waals surface area contributed by atoms with Crippen LogP contribution in [0.1, 0.15) is 49.7 Å². The second-order valence-corrected chi connectivity index (χ2v) is 8.78. The Hall–Kier alpha value is -1.22. The predicted octanol–water partition coefficient (Wildman–Crippen LogP) is 3.53. The molecule has 2 bridgehead atoms. The van der Waals surface area contributed by atoms with Crippen molar-refractivity contribution in [2.75, 3.05) is 20.2 Å². The number of nitrogens with zero attached hydrogens (tertiary/aromatic N) is 1. The van der Waals surface area contributed by atoms with E-state index in [2.05, 4.69) is 17.0 Å². The first kappa shape index (κ1) is 14.0. The summed E-state index contributed by atoms with van der Waals surface area (Å²) >= 11 is 0. The fourth-order valence-electron chi connectivity index (χ4n) is 6.60. The molecule has 0 aromatic heterocycles. The van der Waals surface area contributed by atoms with Gasteiger partial charge in [-0.05, 0) is 75.0 Å².